The van der Waals surface area contributed by atoms with Crippen molar-refractivity contribution in [1.82, 2.24) is 0 Å². The van der Waals surface area contributed by atoms with Crippen LogP contribution < -0.4 is 5.01 Å². The molecule has 0 unspecified atom stereocenters. The molecular weight excluding hydrogens is 328 g/mol. The van der Waals surface area contributed by atoms with Crippen molar-refractivity contribution in [2.24, 2.45) is 5.10 Å². The monoisotopic (exact) mass is 336 g/mol. The lowest BCUT2D eigenvalue weighted by atomic mass is 10.2. The van der Waals surface area contributed by atoms with Crippen molar-refractivity contribution in [3.63, 3.8) is 0 Å². The van der Waals surface area contributed by atoms with Crippen LogP contribution in [0.1, 0.15) is 5.56 Å². The van der Waals surface area contributed by atoms with E-state index in [1.807, 2.05) is 48.5 Å². The second kappa shape index (κ2) is 5.23. The predicted molar refractivity (Wildman–Crippen MR) is 80.6 cm³/mol. The van der Waals surface area contributed by atoms with Gasteiger partial charge in [-0.25, -0.2) is 5.01 Å². The number of anilines is 1. The molecule has 0 aliphatic carbocycles. The van der Waals surface area contributed by atoms with E-state index in [9.17, 15) is 0 Å². The van der Waals surface area contributed by atoms with Gasteiger partial charge in [0.1, 0.15) is 0 Å². The lowest BCUT2D eigenvalue weighted by Gasteiger charge is -2.10. The minimum atomic E-state index is 0.401. The Kier molecular flexibility index (Phi) is 3.44. The Balaban J connectivity index is 1.89. The molecule has 19 heavy (non-hydrogen) atoms. The second-order valence-electron chi connectivity index (χ2n) is 4.03. The number of halogens is 2. The zero-order valence-electron chi connectivity index (χ0n) is 9.88. The Bertz CT molecular complexity index is 628. The average molecular weight is 338 g/mol. The van der Waals surface area contributed by atoms with E-state index >= 15 is 0 Å². The number of nitrogens with zero attached hydrogens (tertiary/aromatic N) is 2. The molecule has 1 aliphatic rings. The molecule has 3 nitrogen and oxygen atoms in total. The molecule has 0 amide bonds. The van der Waals surface area contributed by atoms with E-state index in [-0.39, 0.29) is 0 Å². The molecule has 0 atom stereocenters. The van der Waals surface area contributed by atoms with Crippen molar-refractivity contribution in [2.75, 3.05) is 11.7 Å². The number of hydrazone groups is 1. The highest BCUT2D eigenvalue weighted by atomic mass is 79.9. The van der Waals surface area contributed by atoms with Gasteiger partial charge in [0.2, 0.25) is 5.90 Å². The van der Waals surface area contributed by atoms with E-state index in [1.54, 1.807) is 5.01 Å². The summed E-state index contributed by atoms with van der Waals surface area (Å²) >= 11 is 9.37. The van der Waals surface area contributed by atoms with Gasteiger partial charge in [-0.2, -0.15) is 0 Å². The van der Waals surface area contributed by atoms with E-state index in [0.29, 0.717) is 17.7 Å². The van der Waals surface area contributed by atoms with Crippen molar-refractivity contribution in [3.8, 4) is 0 Å². The third kappa shape index (κ3) is 2.60. The minimum absolute atomic E-state index is 0.401. The summed E-state index contributed by atoms with van der Waals surface area (Å²) < 4.78 is 6.59. The average Bonchev–Trinajstić information content (AvgIpc) is 2.89. The van der Waals surface area contributed by atoms with E-state index in [0.717, 1.165) is 15.7 Å². The van der Waals surface area contributed by atoms with Crippen LogP contribution in [0.4, 0.5) is 5.69 Å². The van der Waals surface area contributed by atoms with Crippen LogP contribution in [-0.4, -0.2) is 12.6 Å². The largest absolute Gasteiger partial charge is 0.453 e. The van der Waals surface area contributed by atoms with Gasteiger partial charge in [0, 0.05) is 9.50 Å². The summed E-state index contributed by atoms with van der Waals surface area (Å²) in [6, 6.07) is 15.3. The molecule has 2 aromatic rings. The van der Waals surface area contributed by atoms with Gasteiger partial charge in [-0.1, -0.05) is 23.7 Å². The Labute approximate surface area is 124 Å². The maximum Gasteiger partial charge on any atom is 0.241 e. The first-order valence-corrected chi connectivity index (χ1v) is 6.90. The van der Waals surface area contributed by atoms with Crippen molar-refractivity contribution in [3.05, 3.63) is 63.6 Å². The summed E-state index contributed by atoms with van der Waals surface area (Å²) in [4.78, 5) is 0. The standard InChI is InChI=1S/C14H10BrClN2O/c15-13-4-2-1-3-12(13)14-17-18(9-19-14)11-7-5-10(16)6-8-11/h1-8H,9H2. The molecule has 0 saturated heterocycles. The van der Waals surface area contributed by atoms with Crippen LogP contribution >= 0.6 is 27.5 Å². The van der Waals surface area contributed by atoms with Crippen molar-refractivity contribution in [1.29, 1.82) is 0 Å². The number of ether oxygens (including phenoxy) is 1. The fraction of sp³-hybridized carbons (Fsp3) is 0.0714. The fourth-order valence-electron chi connectivity index (χ4n) is 1.80. The molecule has 0 bridgehead atoms. The minimum Gasteiger partial charge on any atom is -0.453 e. The first-order chi connectivity index (χ1) is 9.24. The Morgan fingerprint density at radius 1 is 1.11 bits per heavy atom. The first-order valence-electron chi connectivity index (χ1n) is 5.73. The zero-order valence-corrected chi connectivity index (χ0v) is 12.2. The van der Waals surface area contributed by atoms with E-state index in [4.69, 9.17) is 16.3 Å². The van der Waals surface area contributed by atoms with Gasteiger partial charge >= 0.3 is 0 Å². The van der Waals surface area contributed by atoms with Gasteiger partial charge in [-0.15, -0.1) is 5.10 Å². The van der Waals surface area contributed by atoms with Gasteiger partial charge in [-0.3, -0.25) is 0 Å². The molecule has 2 aromatic carbocycles. The van der Waals surface area contributed by atoms with Crippen LogP contribution in [-0.2, 0) is 4.74 Å². The van der Waals surface area contributed by atoms with E-state index in [2.05, 4.69) is 21.0 Å². The van der Waals surface area contributed by atoms with Crippen LogP contribution in [0.25, 0.3) is 0 Å². The quantitative estimate of drug-likeness (QED) is 0.818. The van der Waals surface area contributed by atoms with Crippen LogP contribution in [0.5, 0.6) is 0 Å². The van der Waals surface area contributed by atoms with Crippen LogP contribution in [0.3, 0.4) is 0 Å². The van der Waals surface area contributed by atoms with Gasteiger partial charge in [0.15, 0.2) is 6.73 Å². The fourth-order valence-corrected chi connectivity index (χ4v) is 2.38. The van der Waals surface area contributed by atoms with Crippen LogP contribution in [0, 0.1) is 0 Å². The van der Waals surface area contributed by atoms with Crippen LogP contribution in [0.2, 0.25) is 5.02 Å². The topological polar surface area (TPSA) is 24.8 Å². The molecule has 0 N–H and O–H groups in total. The Morgan fingerprint density at radius 2 is 1.84 bits per heavy atom. The van der Waals surface area contributed by atoms with Crippen molar-refractivity contribution < 1.29 is 4.74 Å². The highest BCUT2D eigenvalue weighted by molar-refractivity contribution is 9.10. The molecule has 0 saturated carbocycles. The van der Waals surface area contributed by atoms with Crippen molar-refractivity contribution in [2.45, 2.75) is 0 Å². The predicted octanol–water partition coefficient (Wildman–Crippen LogP) is 4.26. The highest BCUT2D eigenvalue weighted by Crippen LogP contribution is 2.24. The summed E-state index contributed by atoms with van der Waals surface area (Å²) in [7, 11) is 0. The molecule has 0 aromatic heterocycles. The summed E-state index contributed by atoms with van der Waals surface area (Å²) in [5.41, 5.74) is 1.89. The van der Waals surface area contributed by atoms with Gasteiger partial charge < -0.3 is 4.74 Å². The molecule has 0 spiro atoms. The summed E-state index contributed by atoms with van der Waals surface area (Å²) in [5.74, 6) is 0.613. The molecule has 5 heteroatoms. The van der Waals surface area contributed by atoms with Crippen LogP contribution in [0.15, 0.2) is 58.1 Å². The van der Waals surface area contributed by atoms with Gasteiger partial charge in [0.05, 0.1) is 11.3 Å². The number of hydrogen-bond acceptors (Lipinski definition) is 3. The molecule has 96 valence electrons. The molecule has 3 rings (SSSR count). The number of benzene rings is 2. The maximum atomic E-state index is 5.87. The lowest BCUT2D eigenvalue weighted by molar-refractivity contribution is 0.338. The Morgan fingerprint density at radius 3 is 2.58 bits per heavy atom. The van der Waals surface area contributed by atoms with E-state index < -0.39 is 0 Å². The third-order valence-corrected chi connectivity index (χ3v) is 3.71. The first kappa shape index (κ1) is 12.5. The Hall–Kier alpha value is -1.52. The number of rotatable bonds is 2. The summed E-state index contributed by atoms with van der Waals surface area (Å²) in [6.45, 7) is 0.401. The molecule has 0 radical (unpaired) electrons. The SMILES string of the molecule is Clc1ccc(N2COC(c3ccccc3Br)=N2)cc1. The smallest absolute Gasteiger partial charge is 0.241 e. The summed E-state index contributed by atoms with van der Waals surface area (Å²) in [6.07, 6.45) is 0. The second-order valence-corrected chi connectivity index (χ2v) is 5.33. The van der Waals surface area contributed by atoms with Gasteiger partial charge in [0.25, 0.3) is 0 Å². The van der Waals surface area contributed by atoms with E-state index in [1.165, 1.54) is 0 Å². The zero-order chi connectivity index (χ0) is 13.2. The normalized spacial score (nSPS) is 14.2. The molecule has 1 heterocycles. The molecule has 0 fully saturated rings. The number of hydrogen-bond donors (Lipinski definition) is 0. The summed E-state index contributed by atoms with van der Waals surface area (Å²) in [5, 5.41) is 6.98. The van der Waals surface area contributed by atoms with Gasteiger partial charge in [-0.05, 0) is 52.3 Å². The van der Waals surface area contributed by atoms with Crippen molar-refractivity contribution >= 4 is 39.1 Å². The highest BCUT2D eigenvalue weighted by Gasteiger charge is 2.19. The maximum absolute atomic E-state index is 5.87. The lowest BCUT2D eigenvalue weighted by Crippen LogP contribution is -2.12. The third-order valence-electron chi connectivity index (χ3n) is 2.76. The molecule has 1 aliphatic heterocycles. The molecular formula is C14H10BrClN2O.